The molecule has 0 aliphatic carbocycles. The lowest BCUT2D eigenvalue weighted by atomic mass is 10.0. The van der Waals surface area contributed by atoms with Gasteiger partial charge in [0.05, 0.1) is 10.5 Å². The van der Waals surface area contributed by atoms with Gasteiger partial charge in [0, 0.05) is 38.3 Å². The monoisotopic (exact) mass is 489 g/mol. The van der Waals surface area contributed by atoms with E-state index in [1.807, 2.05) is 35.2 Å². The molecule has 1 N–H and O–H groups in total. The molecule has 0 spiro atoms. The van der Waals surface area contributed by atoms with E-state index >= 15 is 0 Å². The quantitative estimate of drug-likeness (QED) is 0.404. The van der Waals surface area contributed by atoms with Gasteiger partial charge in [-0.05, 0) is 24.6 Å². The maximum Gasteiger partial charge on any atom is 0.416 e. The van der Waals surface area contributed by atoms with E-state index in [-0.39, 0.29) is 30.5 Å². The number of hydrogen-bond acceptors (Lipinski definition) is 7. The third kappa shape index (κ3) is 5.43. The summed E-state index contributed by atoms with van der Waals surface area (Å²) in [6.45, 7) is 2.97. The molecule has 2 aromatic carbocycles. The summed E-state index contributed by atoms with van der Waals surface area (Å²) in [5.74, 6) is 0.509. The minimum atomic E-state index is -4.68. The molecule has 184 valence electrons. The van der Waals surface area contributed by atoms with Crippen LogP contribution in [0, 0.1) is 17.0 Å². The fourth-order valence-corrected chi connectivity index (χ4v) is 4.12. The number of nitro benzene ring substituents is 1. The van der Waals surface area contributed by atoms with Crippen LogP contribution in [-0.4, -0.2) is 47.1 Å². The molecule has 1 aliphatic rings. The first-order valence-electron chi connectivity index (χ1n) is 10.8. The van der Waals surface area contributed by atoms with Gasteiger partial charge >= 0.3 is 6.18 Å². The van der Waals surface area contributed by atoms with Crippen LogP contribution in [0.4, 0.5) is 30.4 Å². The number of nitrogens with zero attached hydrogens (tertiary/aromatic N) is 4. The van der Waals surface area contributed by atoms with E-state index < -0.39 is 28.4 Å². The van der Waals surface area contributed by atoms with Gasteiger partial charge in [-0.1, -0.05) is 35.5 Å². The van der Waals surface area contributed by atoms with Crippen molar-refractivity contribution in [2.75, 3.05) is 36.4 Å². The van der Waals surface area contributed by atoms with Gasteiger partial charge in [0.1, 0.15) is 17.5 Å². The fourth-order valence-electron chi connectivity index (χ4n) is 4.12. The molecule has 0 bridgehead atoms. The minimum Gasteiger partial charge on any atom is -0.363 e. The average Bonchev–Trinajstić information content (AvgIpc) is 3.23. The molecule has 1 saturated heterocycles. The number of piperazine rings is 1. The number of halogens is 3. The van der Waals surface area contributed by atoms with Gasteiger partial charge in [0.25, 0.3) is 5.69 Å². The molecule has 1 unspecified atom stereocenters. The van der Waals surface area contributed by atoms with Crippen LogP contribution in [0.5, 0.6) is 0 Å². The number of nitrogens with one attached hydrogen (secondary N) is 1. The van der Waals surface area contributed by atoms with Crippen molar-refractivity contribution in [2.45, 2.75) is 19.1 Å². The summed E-state index contributed by atoms with van der Waals surface area (Å²) in [5, 5.41) is 18.1. The molecule has 0 radical (unpaired) electrons. The summed E-state index contributed by atoms with van der Waals surface area (Å²) in [6.07, 6.45) is -4.68. The first kappa shape index (κ1) is 24.2. The number of carbonyl (C=O) groups excluding carboxylic acids is 1. The Bertz CT molecular complexity index is 1210. The van der Waals surface area contributed by atoms with E-state index in [1.165, 1.54) is 0 Å². The lowest BCUT2D eigenvalue weighted by Gasteiger charge is -2.39. The van der Waals surface area contributed by atoms with E-state index in [2.05, 4.69) is 10.5 Å². The van der Waals surface area contributed by atoms with E-state index in [0.29, 0.717) is 24.9 Å². The molecule has 1 atom stereocenters. The van der Waals surface area contributed by atoms with Crippen LogP contribution in [-0.2, 0) is 11.0 Å². The maximum atomic E-state index is 13.2. The van der Waals surface area contributed by atoms with Crippen LogP contribution in [0.2, 0.25) is 0 Å². The second kappa shape index (κ2) is 9.74. The summed E-state index contributed by atoms with van der Waals surface area (Å²) in [5.41, 5.74) is -0.817. The molecule has 0 saturated carbocycles. The zero-order chi connectivity index (χ0) is 25.2. The first-order valence-corrected chi connectivity index (χ1v) is 10.8. The van der Waals surface area contributed by atoms with Crippen LogP contribution in [0.3, 0.4) is 0 Å². The Hall–Kier alpha value is -3.93. The lowest BCUT2D eigenvalue weighted by molar-refractivity contribution is -0.384. The van der Waals surface area contributed by atoms with Crippen molar-refractivity contribution in [3.8, 4) is 0 Å². The molecule has 1 aromatic heterocycles. The number of aromatic nitrogens is 1. The molecule has 4 rings (SSSR count). The van der Waals surface area contributed by atoms with Crippen LogP contribution in [0.15, 0.2) is 59.1 Å². The van der Waals surface area contributed by atoms with Crippen molar-refractivity contribution >= 4 is 23.1 Å². The molecule has 3 aromatic rings. The highest BCUT2D eigenvalue weighted by Gasteiger charge is 2.35. The third-order valence-electron chi connectivity index (χ3n) is 5.76. The van der Waals surface area contributed by atoms with Gasteiger partial charge in [-0.15, -0.1) is 0 Å². The smallest absolute Gasteiger partial charge is 0.363 e. The Morgan fingerprint density at radius 1 is 1.11 bits per heavy atom. The molecular weight excluding hydrogens is 467 g/mol. The number of anilines is 2. The molecule has 1 amide bonds. The van der Waals surface area contributed by atoms with Crippen molar-refractivity contribution in [1.29, 1.82) is 0 Å². The number of amides is 1. The van der Waals surface area contributed by atoms with Crippen LogP contribution < -0.4 is 10.2 Å². The molecule has 1 fully saturated rings. The number of nitro groups is 1. The van der Waals surface area contributed by atoms with Crippen molar-refractivity contribution in [3.05, 3.63) is 81.6 Å². The minimum absolute atomic E-state index is 0.112. The maximum absolute atomic E-state index is 13.2. The SMILES string of the molecule is Cc1cc(NC(=O)C(c2ccccc2)N2CCN(c3ccc(C(F)(F)F)cc3[N+](=O)[O-])CC2)no1. The Morgan fingerprint density at radius 3 is 2.37 bits per heavy atom. The average molecular weight is 489 g/mol. The molecule has 1 aliphatic heterocycles. The number of alkyl halides is 3. The zero-order valence-electron chi connectivity index (χ0n) is 18.7. The Morgan fingerprint density at radius 2 is 1.80 bits per heavy atom. The molecule has 9 nitrogen and oxygen atoms in total. The van der Waals surface area contributed by atoms with Crippen molar-refractivity contribution in [2.24, 2.45) is 0 Å². The first-order chi connectivity index (χ1) is 16.6. The van der Waals surface area contributed by atoms with Gasteiger partial charge in [0.15, 0.2) is 5.82 Å². The van der Waals surface area contributed by atoms with Crippen molar-refractivity contribution in [3.63, 3.8) is 0 Å². The largest absolute Gasteiger partial charge is 0.416 e. The van der Waals surface area contributed by atoms with Crippen LogP contribution in [0.25, 0.3) is 0 Å². The highest BCUT2D eigenvalue weighted by molar-refractivity contribution is 5.94. The van der Waals surface area contributed by atoms with Gasteiger partial charge in [0.2, 0.25) is 5.91 Å². The number of carbonyl (C=O) groups is 1. The van der Waals surface area contributed by atoms with Gasteiger partial charge in [-0.2, -0.15) is 13.2 Å². The van der Waals surface area contributed by atoms with E-state index in [4.69, 9.17) is 4.52 Å². The summed E-state index contributed by atoms with van der Waals surface area (Å²) in [7, 11) is 0. The highest BCUT2D eigenvalue weighted by atomic mass is 19.4. The molecule has 12 heteroatoms. The van der Waals surface area contributed by atoms with Gasteiger partial charge < -0.3 is 14.7 Å². The number of aryl methyl sites for hydroxylation is 1. The Labute approximate surface area is 198 Å². The Kier molecular flexibility index (Phi) is 6.74. The summed E-state index contributed by atoms with van der Waals surface area (Å²) in [6, 6.07) is 12.6. The van der Waals surface area contributed by atoms with E-state index in [0.717, 1.165) is 17.7 Å². The zero-order valence-corrected chi connectivity index (χ0v) is 18.7. The molecule has 35 heavy (non-hydrogen) atoms. The molecule has 2 heterocycles. The van der Waals surface area contributed by atoms with Gasteiger partial charge in [-0.3, -0.25) is 19.8 Å². The number of rotatable bonds is 6. The Balaban J connectivity index is 1.54. The highest BCUT2D eigenvalue weighted by Crippen LogP contribution is 2.37. The normalized spacial score (nSPS) is 15.6. The van der Waals surface area contributed by atoms with Crippen molar-refractivity contribution in [1.82, 2.24) is 10.1 Å². The summed E-state index contributed by atoms with van der Waals surface area (Å²) < 4.78 is 44.2. The predicted octanol–water partition coefficient (Wildman–Crippen LogP) is 4.41. The van der Waals surface area contributed by atoms with Gasteiger partial charge in [-0.25, -0.2) is 0 Å². The number of hydrogen-bond donors (Lipinski definition) is 1. The standard InChI is InChI=1S/C23H22F3N5O4/c1-15-13-20(28-35-15)27-22(32)21(16-5-3-2-4-6-16)30-11-9-29(10-12-30)18-8-7-17(23(24,25)26)14-19(18)31(33)34/h2-8,13-14,21H,9-12H2,1H3,(H,27,28,32). The van der Waals surface area contributed by atoms with Crippen molar-refractivity contribution < 1.29 is 27.4 Å². The van der Waals surface area contributed by atoms with Crippen LogP contribution in [0.1, 0.15) is 22.9 Å². The number of benzene rings is 2. The predicted molar refractivity (Wildman–Crippen MR) is 121 cm³/mol. The summed E-state index contributed by atoms with van der Waals surface area (Å²) in [4.78, 5) is 27.5. The van der Waals surface area contributed by atoms with E-state index in [1.54, 1.807) is 17.9 Å². The second-order valence-electron chi connectivity index (χ2n) is 8.11. The summed E-state index contributed by atoms with van der Waals surface area (Å²) >= 11 is 0. The lowest BCUT2D eigenvalue weighted by Crippen LogP contribution is -2.50. The van der Waals surface area contributed by atoms with Crippen LogP contribution >= 0.6 is 0 Å². The fraction of sp³-hybridized carbons (Fsp3) is 0.304. The second-order valence-corrected chi connectivity index (χ2v) is 8.11. The topological polar surface area (TPSA) is 105 Å². The third-order valence-corrected chi connectivity index (χ3v) is 5.76. The van der Waals surface area contributed by atoms with E-state index in [9.17, 15) is 28.1 Å². The molecular formula is C23H22F3N5O4.